The highest BCUT2D eigenvalue weighted by Crippen LogP contribution is 2.02. The lowest BCUT2D eigenvalue weighted by Crippen LogP contribution is -2.42. The lowest BCUT2D eigenvalue weighted by Gasteiger charge is -2.25. The van der Waals surface area contributed by atoms with Crippen LogP contribution in [0.25, 0.3) is 0 Å². The Bertz CT molecular complexity index is 238. The zero-order valence-corrected chi connectivity index (χ0v) is 11.7. The average Bonchev–Trinajstić information content (AvgIpc) is 2.22. The van der Waals surface area contributed by atoms with Gasteiger partial charge in [0.05, 0.1) is 6.61 Å². The van der Waals surface area contributed by atoms with Crippen molar-refractivity contribution < 1.29 is 9.53 Å². The van der Waals surface area contributed by atoms with E-state index in [1.54, 1.807) is 6.92 Å². The molecule has 0 aromatic carbocycles. The van der Waals surface area contributed by atoms with Crippen molar-refractivity contribution in [2.45, 2.75) is 26.8 Å². The molecule has 0 heterocycles. The van der Waals surface area contributed by atoms with Crippen molar-refractivity contribution in [3.63, 3.8) is 0 Å². The second-order valence-electron chi connectivity index (χ2n) is 4.68. The molecule has 1 N–H and O–H groups in total. The van der Waals surface area contributed by atoms with Gasteiger partial charge in [-0.15, -0.1) is 0 Å². The third-order valence-electron chi connectivity index (χ3n) is 2.41. The maximum Gasteiger partial charge on any atom is 0.330 e. The van der Waals surface area contributed by atoms with E-state index in [0.717, 1.165) is 6.54 Å². The van der Waals surface area contributed by atoms with Crippen LogP contribution in [-0.4, -0.2) is 50.7 Å². The molecule has 0 aliphatic heterocycles. The quantitative estimate of drug-likeness (QED) is 0.514. The van der Waals surface area contributed by atoms with E-state index in [0.29, 0.717) is 25.1 Å². The standard InChI is InChI=1S/C13H26N2O2/c1-6-17-13(16)8-7-9-14-12(11(2)3)10-15(4)5/h7-8,11-12,14H,6,9-10H2,1-5H3/b8-7+. The van der Waals surface area contributed by atoms with Gasteiger partial charge >= 0.3 is 5.97 Å². The summed E-state index contributed by atoms with van der Waals surface area (Å²) in [5, 5.41) is 3.41. The van der Waals surface area contributed by atoms with Crippen LogP contribution < -0.4 is 5.32 Å². The Kier molecular flexibility index (Phi) is 8.72. The maximum atomic E-state index is 11.1. The van der Waals surface area contributed by atoms with Gasteiger partial charge in [0.25, 0.3) is 0 Å². The summed E-state index contributed by atoms with van der Waals surface area (Å²) in [7, 11) is 4.12. The van der Waals surface area contributed by atoms with Crippen molar-refractivity contribution in [1.82, 2.24) is 10.2 Å². The second kappa shape index (κ2) is 9.19. The monoisotopic (exact) mass is 242 g/mol. The first-order valence-electron chi connectivity index (χ1n) is 6.18. The number of hydrogen-bond acceptors (Lipinski definition) is 4. The zero-order chi connectivity index (χ0) is 13.3. The van der Waals surface area contributed by atoms with Crippen LogP contribution in [0, 0.1) is 5.92 Å². The van der Waals surface area contributed by atoms with Crippen molar-refractivity contribution in [2.75, 3.05) is 33.8 Å². The normalized spacial score (nSPS) is 13.6. The maximum absolute atomic E-state index is 11.1. The SMILES string of the molecule is CCOC(=O)/C=C/CNC(CN(C)C)C(C)C. The van der Waals surface area contributed by atoms with Gasteiger partial charge in [-0.1, -0.05) is 19.9 Å². The van der Waals surface area contributed by atoms with Crippen LogP contribution in [0.3, 0.4) is 0 Å². The molecule has 17 heavy (non-hydrogen) atoms. The van der Waals surface area contributed by atoms with Crippen molar-refractivity contribution >= 4 is 5.97 Å². The largest absolute Gasteiger partial charge is 0.463 e. The summed E-state index contributed by atoms with van der Waals surface area (Å²) in [6.45, 7) is 8.29. The molecule has 4 nitrogen and oxygen atoms in total. The summed E-state index contributed by atoms with van der Waals surface area (Å²) in [6, 6.07) is 0.428. The number of rotatable bonds is 8. The minimum Gasteiger partial charge on any atom is -0.463 e. The van der Waals surface area contributed by atoms with E-state index in [1.807, 2.05) is 6.08 Å². The van der Waals surface area contributed by atoms with Crippen molar-refractivity contribution in [3.05, 3.63) is 12.2 Å². The third kappa shape index (κ3) is 8.89. The predicted molar refractivity (Wildman–Crippen MR) is 71.0 cm³/mol. The van der Waals surface area contributed by atoms with E-state index in [1.165, 1.54) is 6.08 Å². The molecule has 100 valence electrons. The number of hydrogen-bond donors (Lipinski definition) is 1. The van der Waals surface area contributed by atoms with Gasteiger partial charge in [0.2, 0.25) is 0 Å². The van der Waals surface area contributed by atoms with E-state index in [-0.39, 0.29) is 5.97 Å². The fraction of sp³-hybridized carbons (Fsp3) is 0.769. The molecule has 4 heteroatoms. The lowest BCUT2D eigenvalue weighted by atomic mass is 10.0. The van der Waals surface area contributed by atoms with Gasteiger partial charge in [0.15, 0.2) is 0 Å². The molecule has 0 spiro atoms. The Labute approximate surface area is 105 Å². The molecule has 1 atom stereocenters. The summed E-state index contributed by atoms with van der Waals surface area (Å²) in [4.78, 5) is 13.2. The van der Waals surface area contributed by atoms with Crippen molar-refractivity contribution in [2.24, 2.45) is 5.92 Å². The molecule has 0 bridgehead atoms. The van der Waals surface area contributed by atoms with Crippen molar-refractivity contribution in [1.29, 1.82) is 0 Å². The molecule has 0 rings (SSSR count). The zero-order valence-electron chi connectivity index (χ0n) is 11.7. The smallest absolute Gasteiger partial charge is 0.330 e. The van der Waals surface area contributed by atoms with Crippen LogP contribution in [-0.2, 0) is 9.53 Å². The fourth-order valence-corrected chi connectivity index (χ4v) is 1.47. The average molecular weight is 242 g/mol. The highest BCUT2D eigenvalue weighted by molar-refractivity contribution is 5.81. The summed E-state index contributed by atoms with van der Waals surface area (Å²) in [5.41, 5.74) is 0. The molecular weight excluding hydrogens is 216 g/mol. The molecule has 0 aromatic heterocycles. The van der Waals surface area contributed by atoms with E-state index < -0.39 is 0 Å². The topological polar surface area (TPSA) is 41.6 Å². The molecule has 0 fully saturated rings. The van der Waals surface area contributed by atoms with Gasteiger partial charge in [-0.25, -0.2) is 4.79 Å². The first kappa shape index (κ1) is 16.1. The van der Waals surface area contributed by atoms with Crippen LogP contribution >= 0.6 is 0 Å². The molecule has 0 aliphatic carbocycles. The Hall–Kier alpha value is -0.870. The van der Waals surface area contributed by atoms with Gasteiger partial charge in [0, 0.05) is 25.2 Å². The minimum atomic E-state index is -0.275. The van der Waals surface area contributed by atoms with Crippen LogP contribution in [0.4, 0.5) is 0 Å². The number of nitrogens with one attached hydrogen (secondary N) is 1. The highest BCUT2D eigenvalue weighted by Gasteiger charge is 2.12. The molecular formula is C13H26N2O2. The molecule has 0 radical (unpaired) electrons. The van der Waals surface area contributed by atoms with Gasteiger partial charge in [-0.05, 0) is 26.9 Å². The summed E-state index contributed by atoms with van der Waals surface area (Å²) < 4.78 is 4.80. The number of likely N-dealkylation sites (N-methyl/N-ethyl adjacent to an activating group) is 1. The van der Waals surface area contributed by atoms with Gasteiger partial charge in [0.1, 0.15) is 0 Å². The molecule has 0 amide bonds. The number of nitrogens with zero attached hydrogens (tertiary/aromatic N) is 1. The van der Waals surface area contributed by atoms with E-state index >= 15 is 0 Å². The van der Waals surface area contributed by atoms with Gasteiger partial charge in [-0.2, -0.15) is 0 Å². The molecule has 0 aliphatic rings. The molecule has 0 saturated carbocycles. The van der Waals surface area contributed by atoms with Crippen molar-refractivity contribution in [3.8, 4) is 0 Å². The first-order valence-corrected chi connectivity index (χ1v) is 6.18. The third-order valence-corrected chi connectivity index (χ3v) is 2.41. The fourth-order valence-electron chi connectivity index (χ4n) is 1.47. The number of carbonyl (C=O) groups excluding carboxylic acids is 1. The Balaban J connectivity index is 3.93. The molecule has 0 saturated heterocycles. The summed E-state index contributed by atoms with van der Waals surface area (Å²) in [5.74, 6) is 0.288. The number of ether oxygens (including phenoxy) is 1. The molecule has 0 aromatic rings. The lowest BCUT2D eigenvalue weighted by molar-refractivity contribution is -0.137. The van der Waals surface area contributed by atoms with Crippen LogP contribution in [0.2, 0.25) is 0 Å². The summed E-state index contributed by atoms with van der Waals surface area (Å²) >= 11 is 0. The Morgan fingerprint density at radius 3 is 2.53 bits per heavy atom. The van der Waals surface area contributed by atoms with Crippen LogP contribution in [0.1, 0.15) is 20.8 Å². The minimum absolute atomic E-state index is 0.275. The summed E-state index contributed by atoms with van der Waals surface area (Å²) in [6.07, 6.45) is 3.28. The van der Waals surface area contributed by atoms with Crippen LogP contribution in [0.5, 0.6) is 0 Å². The van der Waals surface area contributed by atoms with Gasteiger partial charge in [-0.3, -0.25) is 0 Å². The van der Waals surface area contributed by atoms with E-state index in [9.17, 15) is 4.79 Å². The highest BCUT2D eigenvalue weighted by atomic mass is 16.5. The molecule has 1 unspecified atom stereocenters. The Morgan fingerprint density at radius 1 is 1.41 bits per heavy atom. The number of carbonyl (C=O) groups is 1. The van der Waals surface area contributed by atoms with Gasteiger partial charge < -0.3 is 15.0 Å². The second-order valence-corrected chi connectivity index (χ2v) is 4.68. The van der Waals surface area contributed by atoms with E-state index in [2.05, 4.69) is 38.2 Å². The van der Waals surface area contributed by atoms with E-state index in [4.69, 9.17) is 4.74 Å². The predicted octanol–water partition coefficient (Wildman–Crippen LogP) is 1.28. The number of esters is 1. The Morgan fingerprint density at radius 2 is 2.06 bits per heavy atom. The van der Waals surface area contributed by atoms with Crippen LogP contribution in [0.15, 0.2) is 12.2 Å². The first-order chi connectivity index (χ1) is 7.97.